The lowest BCUT2D eigenvalue weighted by molar-refractivity contribution is -0.137. The first-order valence-corrected chi connectivity index (χ1v) is 14.3. The third kappa shape index (κ3) is 7.47. The van der Waals surface area contributed by atoms with E-state index in [4.69, 9.17) is 4.74 Å². The van der Waals surface area contributed by atoms with Crippen molar-refractivity contribution in [1.82, 2.24) is 24.6 Å². The predicted molar refractivity (Wildman–Crippen MR) is 158 cm³/mol. The number of benzene rings is 2. The second kappa shape index (κ2) is 12.6. The largest absolute Gasteiger partial charge is 0.416 e. The number of hydrogen-bond donors (Lipinski definition) is 1. The molecule has 3 heterocycles. The Balaban J connectivity index is 1.38. The number of rotatable bonds is 9. The van der Waals surface area contributed by atoms with Gasteiger partial charge in [-0.15, -0.1) is 0 Å². The molecule has 43 heavy (non-hydrogen) atoms. The molecule has 1 N–H and O–H groups in total. The van der Waals surface area contributed by atoms with Crippen LogP contribution in [0.5, 0.6) is 0 Å². The van der Waals surface area contributed by atoms with Crippen LogP contribution in [0.25, 0.3) is 5.82 Å². The average molecular weight is 593 g/mol. The number of morpholine rings is 1. The van der Waals surface area contributed by atoms with E-state index in [9.17, 15) is 18.0 Å². The molecule has 2 aromatic carbocycles. The van der Waals surface area contributed by atoms with Crippen molar-refractivity contribution in [3.8, 4) is 5.82 Å². The van der Waals surface area contributed by atoms with Crippen molar-refractivity contribution < 1.29 is 22.7 Å². The fourth-order valence-corrected chi connectivity index (χ4v) is 5.20. The number of nitrogens with zero attached hydrogens (tertiary/aromatic N) is 5. The maximum Gasteiger partial charge on any atom is 0.416 e. The van der Waals surface area contributed by atoms with Gasteiger partial charge in [0.1, 0.15) is 12.1 Å². The van der Waals surface area contributed by atoms with E-state index in [1.807, 2.05) is 62.9 Å². The van der Waals surface area contributed by atoms with Gasteiger partial charge < -0.3 is 10.1 Å². The molecule has 1 aliphatic rings. The molecule has 11 heteroatoms. The van der Waals surface area contributed by atoms with Gasteiger partial charge in [-0.2, -0.15) is 23.0 Å². The van der Waals surface area contributed by atoms with Crippen molar-refractivity contribution in [2.75, 3.05) is 25.0 Å². The van der Waals surface area contributed by atoms with Gasteiger partial charge >= 0.3 is 6.18 Å². The summed E-state index contributed by atoms with van der Waals surface area (Å²) in [7, 11) is 0. The minimum absolute atomic E-state index is 0.00215. The number of carbonyl (C=O) groups excluding carboxylic acids is 1. The summed E-state index contributed by atoms with van der Waals surface area (Å²) in [5, 5.41) is 7.98. The quantitative estimate of drug-likeness (QED) is 0.230. The molecule has 2 aromatic heterocycles. The highest BCUT2D eigenvalue weighted by Crippen LogP contribution is 2.32. The third-order valence-corrected chi connectivity index (χ3v) is 7.42. The van der Waals surface area contributed by atoms with Crippen LogP contribution in [0, 0.1) is 13.8 Å². The molecule has 1 saturated heterocycles. The first-order valence-electron chi connectivity index (χ1n) is 14.3. The lowest BCUT2D eigenvalue weighted by atomic mass is 9.97. The van der Waals surface area contributed by atoms with Crippen molar-refractivity contribution in [3.63, 3.8) is 0 Å². The summed E-state index contributed by atoms with van der Waals surface area (Å²) in [6, 6.07) is 13.0. The minimum Gasteiger partial charge on any atom is -0.376 e. The molecule has 0 aliphatic carbocycles. The maximum absolute atomic E-state index is 13.8. The Kier molecular flexibility index (Phi) is 8.93. The Labute approximate surface area is 248 Å². The number of aromatic nitrogens is 4. The topological polar surface area (TPSA) is 85.2 Å². The van der Waals surface area contributed by atoms with Crippen molar-refractivity contribution in [3.05, 3.63) is 94.1 Å². The van der Waals surface area contributed by atoms with E-state index in [0.717, 1.165) is 41.2 Å². The molecule has 1 atom stereocenters. The van der Waals surface area contributed by atoms with E-state index >= 15 is 0 Å². The van der Waals surface area contributed by atoms with E-state index in [1.165, 1.54) is 6.33 Å². The Bertz CT molecular complexity index is 1620. The van der Waals surface area contributed by atoms with Crippen molar-refractivity contribution >= 4 is 17.3 Å². The van der Waals surface area contributed by atoms with Gasteiger partial charge in [0.25, 0.3) is 0 Å². The van der Waals surface area contributed by atoms with E-state index in [1.54, 1.807) is 10.7 Å². The van der Waals surface area contributed by atoms with Gasteiger partial charge in [0, 0.05) is 55.1 Å². The van der Waals surface area contributed by atoms with E-state index in [2.05, 4.69) is 20.4 Å². The zero-order chi connectivity index (χ0) is 30.7. The normalized spacial score (nSPS) is 15.9. The Morgan fingerprint density at radius 2 is 1.88 bits per heavy atom. The molecule has 0 unspecified atom stereocenters. The molecule has 1 aliphatic heterocycles. The number of ether oxygens (including phenoxy) is 1. The van der Waals surface area contributed by atoms with Crippen LogP contribution in [-0.2, 0) is 30.3 Å². The van der Waals surface area contributed by atoms with Crippen LogP contribution in [0.1, 0.15) is 57.8 Å². The number of aryl methyl sites for hydroxylation is 3. The highest BCUT2D eigenvalue weighted by molar-refractivity contribution is 5.98. The molecule has 226 valence electrons. The van der Waals surface area contributed by atoms with E-state index < -0.39 is 11.7 Å². The number of alkyl halides is 3. The third-order valence-electron chi connectivity index (χ3n) is 7.42. The van der Waals surface area contributed by atoms with Crippen LogP contribution in [0.15, 0.2) is 54.9 Å². The van der Waals surface area contributed by atoms with Crippen LogP contribution in [0.4, 0.5) is 24.7 Å². The number of halogens is 3. The van der Waals surface area contributed by atoms with Crippen LogP contribution in [0.3, 0.4) is 0 Å². The number of anilines is 2. The van der Waals surface area contributed by atoms with Gasteiger partial charge in [0.15, 0.2) is 11.6 Å². The highest BCUT2D eigenvalue weighted by Gasteiger charge is 2.32. The van der Waals surface area contributed by atoms with Gasteiger partial charge in [-0.05, 0) is 68.1 Å². The maximum atomic E-state index is 13.8. The molecule has 1 fully saturated rings. The summed E-state index contributed by atoms with van der Waals surface area (Å²) in [5.74, 6) is 0.926. The zero-order valence-electron chi connectivity index (χ0n) is 24.7. The summed E-state index contributed by atoms with van der Waals surface area (Å²) in [5.41, 5.74) is 3.72. The number of hydrogen-bond acceptors (Lipinski definition) is 7. The van der Waals surface area contributed by atoms with Crippen LogP contribution in [0.2, 0.25) is 0 Å². The van der Waals surface area contributed by atoms with Crippen LogP contribution < -0.4 is 5.32 Å². The summed E-state index contributed by atoms with van der Waals surface area (Å²) in [4.78, 5) is 24.1. The standard InChI is InChI=1S/C32H35F3N6O2/c1-5-27-16-30(37-19-36-27)41-31(10-21(3)39-41)38-28-13-23(7-6-20(28)2)14-29(42)25-11-24(12-26(15-25)32(33,34)35)18-40-8-9-43-22(4)17-40/h6-7,10-13,15-16,19,22,38H,5,8-9,14,17-18H2,1-4H3/t22-/m1/s1. The molecular weight excluding hydrogens is 557 g/mol. The Hall–Kier alpha value is -4.09. The van der Waals surface area contributed by atoms with Gasteiger partial charge in [0.05, 0.1) is 24.0 Å². The molecule has 0 spiro atoms. The molecule has 0 amide bonds. The number of nitrogens with one attached hydrogen (secondary N) is 1. The summed E-state index contributed by atoms with van der Waals surface area (Å²) >= 11 is 0. The van der Waals surface area contributed by atoms with Gasteiger partial charge in [0.2, 0.25) is 0 Å². The second-order valence-corrected chi connectivity index (χ2v) is 11.0. The second-order valence-electron chi connectivity index (χ2n) is 11.0. The number of carbonyl (C=O) groups is 1. The van der Waals surface area contributed by atoms with Crippen molar-refractivity contribution in [2.24, 2.45) is 0 Å². The lowest BCUT2D eigenvalue weighted by Crippen LogP contribution is -2.40. The smallest absolute Gasteiger partial charge is 0.376 e. The van der Waals surface area contributed by atoms with E-state index in [-0.39, 0.29) is 23.9 Å². The van der Waals surface area contributed by atoms with Gasteiger partial charge in [-0.3, -0.25) is 9.69 Å². The van der Waals surface area contributed by atoms with Crippen molar-refractivity contribution in [2.45, 2.75) is 59.4 Å². The number of ketones is 1. The fourth-order valence-electron chi connectivity index (χ4n) is 5.20. The fraction of sp³-hybridized carbons (Fsp3) is 0.375. The van der Waals surface area contributed by atoms with E-state index in [0.29, 0.717) is 49.0 Å². The molecule has 0 bridgehead atoms. The van der Waals surface area contributed by atoms with Crippen molar-refractivity contribution in [1.29, 1.82) is 0 Å². The number of Topliss-reactive ketones (excluding diaryl/α,β-unsaturated/α-hetero) is 1. The molecule has 8 nitrogen and oxygen atoms in total. The van der Waals surface area contributed by atoms with Gasteiger partial charge in [-0.1, -0.05) is 19.1 Å². The summed E-state index contributed by atoms with van der Waals surface area (Å²) < 4.78 is 48.7. The first kappa shape index (κ1) is 30.4. The summed E-state index contributed by atoms with van der Waals surface area (Å²) in [6.07, 6.45) is -2.34. The average Bonchev–Trinajstić information content (AvgIpc) is 3.34. The summed E-state index contributed by atoms with van der Waals surface area (Å²) in [6.45, 7) is 9.85. The predicted octanol–water partition coefficient (Wildman–Crippen LogP) is 6.25. The molecule has 5 rings (SSSR count). The molecule has 4 aromatic rings. The Morgan fingerprint density at radius 1 is 1.07 bits per heavy atom. The minimum atomic E-state index is -4.56. The SMILES string of the molecule is CCc1cc(-n2nc(C)cc2Nc2cc(CC(=O)c3cc(CN4CCO[C@H](C)C4)cc(C(F)(F)F)c3)ccc2C)ncn1. The zero-order valence-corrected chi connectivity index (χ0v) is 24.7. The van der Waals surface area contributed by atoms with Crippen LogP contribution in [-0.4, -0.2) is 56.2 Å². The first-order chi connectivity index (χ1) is 20.5. The monoisotopic (exact) mass is 592 g/mol. The van der Waals surface area contributed by atoms with Crippen LogP contribution >= 0.6 is 0 Å². The molecule has 0 radical (unpaired) electrons. The Morgan fingerprint density at radius 3 is 2.63 bits per heavy atom. The molecular formula is C32H35F3N6O2. The lowest BCUT2D eigenvalue weighted by Gasteiger charge is -2.31. The highest BCUT2D eigenvalue weighted by atomic mass is 19.4. The molecule has 0 saturated carbocycles. The van der Waals surface area contributed by atoms with Gasteiger partial charge in [-0.25, -0.2) is 9.97 Å².